The van der Waals surface area contributed by atoms with E-state index in [2.05, 4.69) is 34.9 Å². The standard InChI is InChI=1S/C15H13ClN4/c1-8-4-3-5-10(9(8)2)13-14-11(18-15(17)20-13)6-7-12(16)19-14/h3-7H,1-2H3,(H2,17,18,20). The van der Waals surface area contributed by atoms with E-state index in [-0.39, 0.29) is 5.95 Å². The number of aryl methyl sites for hydroxylation is 1. The van der Waals surface area contributed by atoms with Crippen LogP contribution in [-0.4, -0.2) is 15.0 Å². The van der Waals surface area contributed by atoms with Gasteiger partial charge >= 0.3 is 0 Å². The average Bonchev–Trinajstić information content (AvgIpc) is 2.42. The smallest absolute Gasteiger partial charge is 0.221 e. The lowest BCUT2D eigenvalue weighted by atomic mass is 10.00. The fraction of sp³-hybridized carbons (Fsp3) is 0.133. The molecule has 0 atom stereocenters. The Labute approximate surface area is 121 Å². The summed E-state index contributed by atoms with van der Waals surface area (Å²) in [5, 5.41) is 0.414. The molecule has 0 amide bonds. The lowest BCUT2D eigenvalue weighted by molar-refractivity contribution is 1.20. The first-order valence-electron chi connectivity index (χ1n) is 6.22. The highest BCUT2D eigenvalue weighted by Crippen LogP contribution is 2.30. The highest BCUT2D eigenvalue weighted by Gasteiger charge is 2.13. The molecule has 0 unspecified atom stereocenters. The molecule has 3 aromatic rings. The molecule has 5 heteroatoms. The number of nitrogen functional groups attached to an aromatic ring is 1. The van der Waals surface area contributed by atoms with Gasteiger partial charge < -0.3 is 5.73 Å². The normalized spacial score (nSPS) is 10.9. The minimum atomic E-state index is 0.234. The summed E-state index contributed by atoms with van der Waals surface area (Å²) in [6, 6.07) is 9.56. The minimum Gasteiger partial charge on any atom is -0.368 e. The first-order chi connectivity index (χ1) is 9.56. The number of fused-ring (bicyclic) bond motifs is 1. The molecule has 0 saturated heterocycles. The summed E-state index contributed by atoms with van der Waals surface area (Å²) in [7, 11) is 0. The lowest BCUT2D eigenvalue weighted by Crippen LogP contribution is -2.00. The Kier molecular flexibility index (Phi) is 3.03. The Hall–Kier alpha value is -2.20. The summed E-state index contributed by atoms with van der Waals surface area (Å²) in [4.78, 5) is 12.9. The molecule has 0 aliphatic heterocycles. The Bertz CT molecular complexity index is 814. The minimum absolute atomic E-state index is 0.234. The van der Waals surface area contributed by atoms with Gasteiger partial charge in [-0.3, -0.25) is 0 Å². The van der Waals surface area contributed by atoms with Gasteiger partial charge in [0.05, 0.1) is 5.52 Å². The SMILES string of the molecule is Cc1cccc(-c2nc(N)nc3ccc(Cl)nc23)c1C. The van der Waals surface area contributed by atoms with E-state index in [4.69, 9.17) is 17.3 Å². The first-order valence-corrected chi connectivity index (χ1v) is 6.60. The van der Waals surface area contributed by atoms with Crippen LogP contribution >= 0.6 is 11.6 Å². The van der Waals surface area contributed by atoms with Crippen LogP contribution in [0.1, 0.15) is 11.1 Å². The quantitative estimate of drug-likeness (QED) is 0.694. The van der Waals surface area contributed by atoms with Crippen LogP contribution in [0.2, 0.25) is 5.15 Å². The second kappa shape index (κ2) is 4.72. The lowest BCUT2D eigenvalue weighted by Gasteiger charge is -2.10. The largest absolute Gasteiger partial charge is 0.368 e. The van der Waals surface area contributed by atoms with Crippen molar-refractivity contribution in [3.63, 3.8) is 0 Å². The molecular formula is C15H13ClN4. The molecule has 100 valence electrons. The van der Waals surface area contributed by atoms with Crippen LogP contribution in [0.25, 0.3) is 22.3 Å². The van der Waals surface area contributed by atoms with Crippen molar-refractivity contribution in [3.05, 3.63) is 46.6 Å². The number of halogens is 1. The average molecular weight is 285 g/mol. The van der Waals surface area contributed by atoms with Crippen molar-refractivity contribution in [1.82, 2.24) is 15.0 Å². The summed E-state index contributed by atoms with van der Waals surface area (Å²) >= 11 is 5.99. The summed E-state index contributed by atoms with van der Waals surface area (Å²) < 4.78 is 0. The highest BCUT2D eigenvalue weighted by molar-refractivity contribution is 6.29. The molecule has 0 aliphatic rings. The van der Waals surface area contributed by atoms with Gasteiger partial charge in [0, 0.05) is 5.56 Å². The third-order valence-corrected chi connectivity index (χ3v) is 3.60. The fourth-order valence-corrected chi connectivity index (χ4v) is 2.35. The molecule has 0 fully saturated rings. The third-order valence-electron chi connectivity index (χ3n) is 3.39. The van der Waals surface area contributed by atoms with Crippen molar-refractivity contribution in [2.75, 3.05) is 5.73 Å². The molecule has 0 spiro atoms. The summed E-state index contributed by atoms with van der Waals surface area (Å²) in [5.41, 5.74) is 11.2. The Morgan fingerprint density at radius 1 is 1.00 bits per heavy atom. The van der Waals surface area contributed by atoms with Crippen LogP contribution in [-0.2, 0) is 0 Å². The van der Waals surface area contributed by atoms with Gasteiger partial charge in [0.1, 0.15) is 16.4 Å². The number of hydrogen-bond acceptors (Lipinski definition) is 4. The van der Waals surface area contributed by atoms with E-state index >= 15 is 0 Å². The van der Waals surface area contributed by atoms with Crippen molar-refractivity contribution >= 4 is 28.6 Å². The Morgan fingerprint density at radius 3 is 2.60 bits per heavy atom. The molecule has 20 heavy (non-hydrogen) atoms. The molecule has 2 N–H and O–H groups in total. The zero-order valence-corrected chi connectivity index (χ0v) is 11.9. The van der Waals surface area contributed by atoms with Crippen LogP contribution < -0.4 is 5.73 Å². The number of rotatable bonds is 1. The van der Waals surface area contributed by atoms with Crippen LogP contribution in [0.3, 0.4) is 0 Å². The highest BCUT2D eigenvalue weighted by atomic mass is 35.5. The Balaban J connectivity index is 2.40. The number of benzene rings is 1. The van der Waals surface area contributed by atoms with Gasteiger partial charge in [-0.1, -0.05) is 29.8 Å². The molecule has 2 aromatic heterocycles. The first kappa shape index (κ1) is 12.8. The molecule has 0 aliphatic carbocycles. The van der Waals surface area contributed by atoms with Crippen LogP contribution in [0, 0.1) is 13.8 Å². The van der Waals surface area contributed by atoms with E-state index in [0.717, 1.165) is 16.8 Å². The van der Waals surface area contributed by atoms with Gasteiger partial charge in [0.15, 0.2) is 0 Å². The summed E-state index contributed by atoms with van der Waals surface area (Å²) in [6.07, 6.45) is 0. The van der Waals surface area contributed by atoms with E-state index in [1.807, 2.05) is 12.1 Å². The van der Waals surface area contributed by atoms with Crippen molar-refractivity contribution < 1.29 is 0 Å². The van der Waals surface area contributed by atoms with Gasteiger partial charge in [0.2, 0.25) is 5.95 Å². The number of anilines is 1. The Morgan fingerprint density at radius 2 is 1.80 bits per heavy atom. The van der Waals surface area contributed by atoms with Gasteiger partial charge in [0.25, 0.3) is 0 Å². The fourth-order valence-electron chi connectivity index (χ4n) is 2.20. The van der Waals surface area contributed by atoms with Gasteiger partial charge in [-0.05, 0) is 37.1 Å². The third kappa shape index (κ3) is 2.08. The van der Waals surface area contributed by atoms with Gasteiger partial charge in [-0.15, -0.1) is 0 Å². The second-order valence-corrected chi connectivity index (χ2v) is 5.07. The molecule has 4 nitrogen and oxygen atoms in total. The number of pyridine rings is 1. The van der Waals surface area contributed by atoms with Gasteiger partial charge in [-0.2, -0.15) is 0 Å². The predicted molar refractivity (Wildman–Crippen MR) is 81.7 cm³/mol. The maximum atomic E-state index is 5.99. The number of hydrogen-bond donors (Lipinski definition) is 1. The van der Waals surface area contributed by atoms with Crippen molar-refractivity contribution in [3.8, 4) is 11.3 Å². The second-order valence-electron chi connectivity index (χ2n) is 4.68. The topological polar surface area (TPSA) is 64.7 Å². The van der Waals surface area contributed by atoms with E-state index < -0.39 is 0 Å². The molecule has 0 radical (unpaired) electrons. The number of nitrogens with zero attached hydrogens (tertiary/aromatic N) is 3. The van der Waals surface area contributed by atoms with Crippen molar-refractivity contribution in [2.24, 2.45) is 0 Å². The van der Waals surface area contributed by atoms with Gasteiger partial charge in [-0.25, -0.2) is 15.0 Å². The summed E-state index contributed by atoms with van der Waals surface area (Å²) in [5.74, 6) is 0.234. The molecule has 1 aromatic carbocycles. The molecule has 2 heterocycles. The maximum absolute atomic E-state index is 5.99. The summed E-state index contributed by atoms with van der Waals surface area (Å²) in [6.45, 7) is 4.12. The number of aromatic nitrogens is 3. The molecule has 3 rings (SSSR count). The zero-order chi connectivity index (χ0) is 14.3. The molecule has 0 saturated carbocycles. The van der Waals surface area contributed by atoms with E-state index in [9.17, 15) is 0 Å². The van der Waals surface area contributed by atoms with Crippen LogP contribution in [0.5, 0.6) is 0 Å². The van der Waals surface area contributed by atoms with E-state index in [1.165, 1.54) is 5.56 Å². The number of nitrogens with two attached hydrogens (primary N) is 1. The van der Waals surface area contributed by atoms with E-state index in [1.54, 1.807) is 12.1 Å². The molecule has 0 bridgehead atoms. The van der Waals surface area contributed by atoms with Crippen molar-refractivity contribution in [1.29, 1.82) is 0 Å². The van der Waals surface area contributed by atoms with E-state index in [0.29, 0.717) is 16.2 Å². The van der Waals surface area contributed by atoms with Crippen LogP contribution in [0.15, 0.2) is 30.3 Å². The zero-order valence-electron chi connectivity index (χ0n) is 11.2. The van der Waals surface area contributed by atoms with Crippen molar-refractivity contribution in [2.45, 2.75) is 13.8 Å². The maximum Gasteiger partial charge on any atom is 0.221 e. The predicted octanol–water partition coefficient (Wildman–Crippen LogP) is 3.54. The monoisotopic (exact) mass is 284 g/mol. The van der Waals surface area contributed by atoms with Crippen LogP contribution in [0.4, 0.5) is 5.95 Å². The molecular weight excluding hydrogens is 272 g/mol.